The normalized spacial score (nSPS) is 16.5. The number of rotatable bonds is 5. The van der Waals surface area contributed by atoms with Gasteiger partial charge in [0.05, 0.1) is 13.7 Å². The van der Waals surface area contributed by atoms with Crippen molar-refractivity contribution < 1.29 is 9.26 Å². The highest BCUT2D eigenvalue weighted by atomic mass is 16.5. The second-order valence-corrected chi connectivity index (χ2v) is 6.76. The molecule has 0 N–H and O–H groups in total. The lowest BCUT2D eigenvalue weighted by Crippen LogP contribution is -2.27. The smallest absolute Gasteiger partial charge is 0.241 e. The van der Waals surface area contributed by atoms with Gasteiger partial charge in [-0.25, -0.2) is 0 Å². The molecule has 0 radical (unpaired) electrons. The number of aromatic nitrogens is 2. The minimum absolute atomic E-state index is 0.399. The molecule has 5 heteroatoms. The first-order valence-electron chi connectivity index (χ1n) is 8.99. The Morgan fingerprint density at radius 1 is 1.15 bits per heavy atom. The van der Waals surface area contributed by atoms with Crippen LogP contribution >= 0.6 is 0 Å². The summed E-state index contributed by atoms with van der Waals surface area (Å²) in [5.74, 6) is 2.06. The molecular formula is C21H23N3O2. The number of ether oxygens (including phenoxy) is 1. The van der Waals surface area contributed by atoms with Gasteiger partial charge in [-0.3, -0.25) is 4.90 Å². The number of hydrogen-bond acceptors (Lipinski definition) is 5. The second-order valence-electron chi connectivity index (χ2n) is 6.76. The summed E-state index contributed by atoms with van der Waals surface area (Å²) in [5.41, 5.74) is 3.81. The van der Waals surface area contributed by atoms with Crippen molar-refractivity contribution in [3.8, 4) is 17.1 Å². The highest BCUT2D eigenvalue weighted by molar-refractivity contribution is 5.55. The molecule has 4 rings (SSSR count). The number of aryl methyl sites for hydroxylation is 1. The predicted octanol–water partition coefficient (Wildman–Crippen LogP) is 4.25. The van der Waals surface area contributed by atoms with E-state index in [1.807, 2.05) is 24.3 Å². The van der Waals surface area contributed by atoms with Crippen molar-refractivity contribution >= 4 is 0 Å². The zero-order valence-corrected chi connectivity index (χ0v) is 15.2. The van der Waals surface area contributed by atoms with Crippen LogP contribution < -0.4 is 4.74 Å². The number of benzene rings is 2. The van der Waals surface area contributed by atoms with Gasteiger partial charge in [-0.2, -0.15) is 4.98 Å². The molecule has 26 heavy (non-hydrogen) atoms. The average Bonchev–Trinajstić information content (AvgIpc) is 3.16. The Kier molecular flexibility index (Phi) is 4.71. The number of methoxy groups -OCH3 is 1. The highest BCUT2D eigenvalue weighted by Gasteiger charge is 2.24. The van der Waals surface area contributed by atoms with E-state index in [2.05, 4.69) is 46.4 Å². The molecule has 0 amide bonds. The van der Waals surface area contributed by atoms with Crippen molar-refractivity contribution in [1.82, 2.24) is 15.0 Å². The molecule has 134 valence electrons. The Morgan fingerprint density at radius 2 is 1.96 bits per heavy atom. The molecule has 1 atom stereocenters. The molecule has 0 unspecified atom stereocenters. The van der Waals surface area contributed by atoms with E-state index in [-0.39, 0.29) is 0 Å². The van der Waals surface area contributed by atoms with E-state index < -0.39 is 0 Å². The number of nitrogens with zero attached hydrogens (tertiary/aromatic N) is 3. The molecule has 5 nitrogen and oxygen atoms in total. The van der Waals surface area contributed by atoms with Crippen LogP contribution in [-0.4, -0.2) is 29.2 Å². The average molecular weight is 349 g/mol. The first kappa shape index (κ1) is 16.8. The molecule has 0 fully saturated rings. The molecule has 2 aromatic carbocycles. The first-order chi connectivity index (χ1) is 12.7. The van der Waals surface area contributed by atoms with Crippen LogP contribution in [0.2, 0.25) is 0 Å². The van der Waals surface area contributed by atoms with E-state index in [1.54, 1.807) is 7.11 Å². The Bertz CT molecular complexity index is 873. The Hall–Kier alpha value is -2.66. The van der Waals surface area contributed by atoms with Crippen molar-refractivity contribution in [2.45, 2.75) is 31.8 Å². The molecule has 0 bridgehead atoms. The standard InChI is InChI=1S/C21H23N3O2/c1-24(19-9-5-7-15-6-3-4-8-18(15)19)14-20-22-21(23-26-20)16-10-12-17(25-2)13-11-16/h3-4,6,8,10-13,19H,5,7,9,14H2,1-2H3/t19-/m1/s1. The van der Waals surface area contributed by atoms with Crippen molar-refractivity contribution in [3.05, 3.63) is 65.5 Å². The van der Waals surface area contributed by atoms with E-state index in [4.69, 9.17) is 9.26 Å². The van der Waals surface area contributed by atoms with E-state index in [9.17, 15) is 0 Å². The zero-order chi connectivity index (χ0) is 17.9. The van der Waals surface area contributed by atoms with E-state index >= 15 is 0 Å². The fraction of sp³-hybridized carbons (Fsp3) is 0.333. The van der Waals surface area contributed by atoms with Crippen molar-refractivity contribution in [2.24, 2.45) is 0 Å². The topological polar surface area (TPSA) is 51.4 Å². The van der Waals surface area contributed by atoms with Crippen LogP contribution in [0.25, 0.3) is 11.4 Å². The minimum Gasteiger partial charge on any atom is -0.497 e. The van der Waals surface area contributed by atoms with Gasteiger partial charge in [0.15, 0.2) is 0 Å². The predicted molar refractivity (Wildman–Crippen MR) is 99.9 cm³/mol. The van der Waals surface area contributed by atoms with Crippen molar-refractivity contribution in [3.63, 3.8) is 0 Å². The van der Waals surface area contributed by atoms with Gasteiger partial charge >= 0.3 is 0 Å². The quantitative estimate of drug-likeness (QED) is 0.689. The van der Waals surface area contributed by atoms with Gasteiger partial charge in [0.1, 0.15) is 5.75 Å². The molecule has 1 heterocycles. The lowest BCUT2D eigenvalue weighted by atomic mass is 9.87. The second kappa shape index (κ2) is 7.30. The third-order valence-electron chi connectivity index (χ3n) is 5.07. The lowest BCUT2D eigenvalue weighted by molar-refractivity contribution is 0.187. The fourth-order valence-corrected chi connectivity index (χ4v) is 3.69. The van der Waals surface area contributed by atoms with Crippen LogP contribution in [0.3, 0.4) is 0 Å². The summed E-state index contributed by atoms with van der Waals surface area (Å²) in [6.45, 7) is 0.641. The van der Waals surface area contributed by atoms with Crippen molar-refractivity contribution in [1.29, 1.82) is 0 Å². The van der Waals surface area contributed by atoms with Gasteiger partial charge in [-0.1, -0.05) is 29.4 Å². The first-order valence-corrected chi connectivity index (χ1v) is 8.99. The third kappa shape index (κ3) is 3.35. The third-order valence-corrected chi connectivity index (χ3v) is 5.07. The summed E-state index contributed by atoms with van der Waals surface area (Å²) in [4.78, 5) is 6.88. The maximum absolute atomic E-state index is 5.49. The molecule has 1 aliphatic carbocycles. The summed E-state index contributed by atoms with van der Waals surface area (Å²) < 4.78 is 10.7. The molecule has 0 saturated heterocycles. The molecule has 0 spiro atoms. The highest BCUT2D eigenvalue weighted by Crippen LogP contribution is 2.34. The van der Waals surface area contributed by atoms with Crippen LogP contribution in [0.15, 0.2) is 53.1 Å². The number of hydrogen-bond donors (Lipinski definition) is 0. The fourth-order valence-electron chi connectivity index (χ4n) is 3.69. The summed E-state index contributed by atoms with van der Waals surface area (Å²) in [5, 5.41) is 4.13. The number of fused-ring (bicyclic) bond motifs is 1. The SMILES string of the molecule is COc1ccc(-c2noc(CN(C)[C@@H]3CCCc4ccccc43)n2)cc1. The Balaban J connectivity index is 1.49. The van der Waals surface area contributed by atoms with Gasteiger partial charge in [0, 0.05) is 11.6 Å². The van der Waals surface area contributed by atoms with E-state index in [1.165, 1.54) is 24.0 Å². The minimum atomic E-state index is 0.399. The molecule has 0 aliphatic heterocycles. The van der Waals surface area contributed by atoms with Crippen LogP contribution in [0.4, 0.5) is 0 Å². The van der Waals surface area contributed by atoms with Gasteiger partial charge in [-0.15, -0.1) is 0 Å². The summed E-state index contributed by atoms with van der Waals surface area (Å²) >= 11 is 0. The van der Waals surface area contributed by atoms with Crippen LogP contribution in [0, 0.1) is 0 Å². The molecule has 3 aromatic rings. The van der Waals surface area contributed by atoms with Gasteiger partial charge in [0.2, 0.25) is 11.7 Å². The van der Waals surface area contributed by atoms with Gasteiger partial charge in [-0.05, 0) is 61.7 Å². The van der Waals surface area contributed by atoms with E-state index in [0.717, 1.165) is 17.7 Å². The van der Waals surface area contributed by atoms with Gasteiger partial charge < -0.3 is 9.26 Å². The van der Waals surface area contributed by atoms with E-state index in [0.29, 0.717) is 24.3 Å². The maximum atomic E-state index is 5.49. The molecule has 0 saturated carbocycles. The Morgan fingerprint density at radius 3 is 2.77 bits per heavy atom. The van der Waals surface area contributed by atoms with Crippen LogP contribution in [0.1, 0.15) is 35.9 Å². The van der Waals surface area contributed by atoms with Crippen LogP contribution in [0.5, 0.6) is 5.75 Å². The summed E-state index contributed by atoms with van der Waals surface area (Å²) in [6, 6.07) is 16.8. The summed E-state index contributed by atoms with van der Waals surface area (Å²) in [6.07, 6.45) is 3.54. The molecule has 1 aliphatic rings. The van der Waals surface area contributed by atoms with Crippen molar-refractivity contribution in [2.75, 3.05) is 14.2 Å². The molecule has 1 aromatic heterocycles. The maximum Gasteiger partial charge on any atom is 0.241 e. The van der Waals surface area contributed by atoms with Gasteiger partial charge in [0.25, 0.3) is 0 Å². The zero-order valence-electron chi connectivity index (χ0n) is 15.2. The van der Waals surface area contributed by atoms with Crippen LogP contribution in [-0.2, 0) is 13.0 Å². The summed E-state index contributed by atoms with van der Waals surface area (Å²) in [7, 11) is 3.78. The monoisotopic (exact) mass is 349 g/mol. The largest absolute Gasteiger partial charge is 0.497 e. The Labute approximate surface area is 153 Å². The lowest BCUT2D eigenvalue weighted by Gasteiger charge is -2.32. The molecular weight excluding hydrogens is 326 g/mol.